The number of carbonyl (C=O) groups excluding carboxylic acids is 2. The molecule has 0 bridgehead atoms. The topological polar surface area (TPSA) is 70.4 Å². The van der Waals surface area contributed by atoms with E-state index in [9.17, 15) is 14.9 Å². The normalized spacial score (nSPS) is 22.8. The van der Waals surface area contributed by atoms with E-state index in [0.717, 1.165) is 0 Å². The van der Waals surface area contributed by atoms with E-state index >= 15 is 0 Å². The van der Waals surface area contributed by atoms with E-state index in [-0.39, 0.29) is 18.2 Å². The van der Waals surface area contributed by atoms with Crippen molar-refractivity contribution in [2.24, 2.45) is 11.3 Å². The Kier molecular flexibility index (Phi) is 5.38. The molecule has 0 aromatic heterocycles. The van der Waals surface area contributed by atoms with Crippen LogP contribution in [0.3, 0.4) is 0 Å². The number of Topliss-reactive ketones (excluding diaryl/α,β-unsaturated/α-hetero) is 1. The lowest BCUT2D eigenvalue weighted by molar-refractivity contribution is -0.129. The Hall–Kier alpha value is -1.57. The van der Waals surface area contributed by atoms with E-state index in [1.54, 1.807) is 20.8 Å². The summed E-state index contributed by atoms with van der Waals surface area (Å²) in [7, 11) is 0. The second kappa shape index (κ2) is 6.46. The highest BCUT2D eigenvalue weighted by Crippen LogP contribution is 2.33. The van der Waals surface area contributed by atoms with Crippen molar-refractivity contribution in [1.29, 1.82) is 5.26 Å². The smallest absolute Gasteiger partial charge is 0.410 e. The molecule has 0 aromatic carbocycles. The fraction of sp³-hybridized carbons (Fsp3) is 0.812. The lowest BCUT2D eigenvalue weighted by atomic mass is 9.75. The minimum Gasteiger partial charge on any atom is -0.444 e. The Labute approximate surface area is 127 Å². The number of hydrogen-bond acceptors (Lipinski definition) is 4. The molecule has 1 aliphatic heterocycles. The minimum absolute atomic E-state index is 0.0618. The number of ether oxygens (including phenoxy) is 1. The summed E-state index contributed by atoms with van der Waals surface area (Å²) >= 11 is 0. The zero-order chi connectivity index (χ0) is 16.3. The number of amides is 1. The van der Waals surface area contributed by atoms with Gasteiger partial charge in [0.05, 0.1) is 6.07 Å². The van der Waals surface area contributed by atoms with Crippen molar-refractivity contribution < 1.29 is 14.3 Å². The second-order valence-corrected chi connectivity index (χ2v) is 7.22. The van der Waals surface area contributed by atoms with Gasteiger partial charge in [0.2, 0.25) is 0 Å². The van der Waals surface area contributed by atoms with Crippen molar-refractivity contribution in [2.75, 3.05) is 13.1 Å². The lowest BCUT2D eigenvalue weighted by Gasteiger charge is -2.38. The van der Waals surface area contributed by atoms with E-state index in [1.165, 1.54) is 4.90 Å². The lowest BCUT2D eigenvalue weighted by Crippen LogP contribution is -2.50. The molecule has 0 N–H and O–H groups in total. The number of carbonyl (C=O) groups is 2. The number of likely N-dealkylation sites (tertiary alicyclic amines) is 1. The fourth-order valence-electron chi connectivity index (χ4n) is 2.49. The molecule has 1 atom stereocenters. The van der Waals surface area contributed by atoms with Crippen LogP contribution in [0.2, 0.25) is 0 Å². The Morgan fingerprint density at radius 1 is 1.38 bits per heavy atom. The Morgan fingerprint density at radius 3 is 2.48 bits per heavy atom. The van der Waals surface area contributed by atoms with Crippen molar-refractivity contribution in [3.63, 3.8) is 0 Å². The SMILES string of the molecule is CC(C)CC(=O)C1(C#N)CCCN(C(=O)OC(C)(C)C)C1. The summed E-state index contributed by atoms with van der Waals surface area (Å²) in [6, 6.07) is 2.17. The number of hydrogen-bond donors (Lipinski definition) is 0. The van der Waals surface area contributed by atoms with E-state index < -0.39 is 17.1 Å². The van der Waals surface area contributed by atoms with Gasteiger partial charge in [0.15, 0.2) is 5.78 Å². The van der Waals surface area contributed by atoms with Crippen LogP contribution in [0.5, 0.6) is 0 Å². The van der Waals surface area contributed by atoms with Crippen molar-refractivity contribution in [1.82, 2.24) is 4.90 Å². The standard InChI is InChI=1S/C16H26N2O3/c1-12(2)9-13(19)16(10-17)7-6-8-18(11-16)14(20)21-15(3,4)5/h12H,6-9,11H2,1-5H3. The van der Waals surface area contributed by atoms with Gasteiger partial charge in [-0.25, -0.2) is 4.79 Å². The van der Waals surface area contributed by atoms with Crippen molar-refractivity contribution in [3.8, 4) is 6.07 Å². The first kappa shape index (κ1) is 17.5. The Balaban J connectivity index is 2.84. The summed E-state index contributed by atoms with van der Waals surface area (Å²) in [5, 5.41) is 9.51. The van der Waals surface area contributed by atoms with Gasteiger partial charge in [-0.05, 0) is 39.5 Å². The van der Waals surface area contributed by atoms with Gasteiger partial charge in [0.25, 0.3) is 0 Å². The average molecular weight is 294 g/mol. The van der Waals surface area contributed by atoms with E-state index in [4.69, 9.17) is 4.74 Å². The van der Waals surface area contributed by atoms with Crippen LogP contribution in [0, 0.1) is 22.7 Å². The monoisotopic (exact) mass is 294 g/mol. The van der Waals surface area contributed by atoms with Crippen LogP contribution in [-0.4, -0.2) is 35.5 Å². The van der Waals surface area contributed by atoms with Crippen molar-refractivity contribution >= 4 is 11.9 Å². The first-order valence-electron chi connectivity index (χ1n) is 7.52. The molecule has 1 aliphatic rings. The fourth-order valence-corrected chi connectivity index (χ4v) is 2.49. The molecular formula is C16H26N2O3. The third-order valence-corrected chi connectivity index (χ3v) is 3.49. The summed E-state index contributed by atoms with van der Waals surface area (Å²) in [6.07, 6.45) is 1.10. The molecule has 5 heteroatoms. The first-order valence-corrected chi connectivity index (χ1v) is 7.52. The minimum atomic E-state index is -1.07. The molecule has 1 rings (SSSR count). The number of piperidine rings is 1. The second-order valence-electron chi connectivity index (χ2n) is 7.22. The third kappa shape index (κ3) is 4.73. The molecule has 1 amide bonds. The first-order chi connectivity index (χ1) is 9.59. The quantitative estimate of drug-likeness (QED) is 0.801. The van der Waals surface area contributed by atoms with Crippen LogP contribution in [-0.2, 0) is 9.53 Å². The van der Waals surface area contributed by atoms with Crippen molar-refractivity contribution in [2.45, 2.75) is 59.5 Å². The maximum atomic E-state index is 12.4. The number of nitrogens with zero attached hydrogens (tertiary/aromatic N) is 2. The molecule has 1 fully saturated rings. The summed E-state index contributed by atoms with van der Waals surface area (Å²) in [4.78, 5) is 26.1. The van der Waals surface area contributed by atoms with Crippen LogP contribution < -0.4 is 0 Å². The molecular weight excluding hydrogens is 268 g/mol. The van der Waals surface area contributed by atoms with Crippen LogP contribution in [0.25, 0.3) is 0 Å². The van der Waals surface area contributed by atoms with Gasteiger partial charge in [-0.2, -0.15) is 5.26 Å². The number of nitriles is 1. The zero-order valence-corrected chi connectivity index (χ0v) is 13.7. The summed E-state index contributed by atoms with van der Waals surface area (Å²) in [6.45, 7) is 10.00. The van der Waals surface area contributed by atoms with Gasteiger partial charge < -0.3 is 9.64 Å². The summed E-state index contributed by atoms with van der Waals surface area (Å²) < 4.78 is 5.34. The highest BCUT2D eigenvalue weighted by Gasteiger charge is 2.44. The van der Waals surface area contributed by atoms with Gasteiger partial charge in [0.1, 0.15) is 11.0 Å². The predicted octanol–water partition coefficient (Wildman–Crippen LogP) is 3.14. The molecule has 0 spiro atoms. The van der Waals surface area contributed by atoms with Crippen LogP contribution in [0.1, 0.15) is 53.9 Å². The average Bonchev–Trinajstić information content (AvgIpc) is 2.35. The number of ketones is 1. The van der Waals surface area contributed by atoms with E-state index in [1.807, 2.05) is 13.8 Å². The van der Waals surface area contributed by atoms with Crippen LogP contribution in [0.4, 0.5) is 4.79 Å². The maximum Gasteiger partial charge on any atom is 0.410 e. The van der Waals surface area contributed by atoms with E-state index in [2.05, 4.69) is 6.07 Å². The molecule has 1 saturated heterocycles. The van der Waals surface area contributed by atoms with Gasteiger partial charge in [-0.15, -0.1) is 0 Å². The van der Waals surface area contributed by atoms with Gasteiger partial charge in [-0.3, -0.25) is 4.79 Å². The molecule has 0 radical (unpaired) electrons. The third-order valence-electron chi connectivity index (χ3n) is 3.49. The molecule has 0 aliphatic carbocycles. The van der Waals surface area contributed by atoms with Crippen molar-refractivity contribution in [3.05, 3.63) is 0 Å². The van der Waals surface area contributed by atoms with Gasteiger partial charge >= 0.3 is 6.09 Å². The van der Waals surface area contributed by atoms with Gasteiger partial charge in [-0.1, -0.05) is 13.8 Å². The Morgan fingerprint density at radius 2 is 2.00 bits per heavy atom. The molecule has 118 valence electrons. The largest absolute Gasteiger partial charge is 0.444 e. The summed E-state index contributed by atoms with van der Waals surface area (Å²) in [5.41, 5.74) is -1.65. The molecule has 5 nitrogen and oxygen atoms in total. The predicted molar refractivity (Wildman–Crippen MR) is 79.5 cm³/mol. The summed E-state index contributed by atoms with van der Waals surface area (Å²) in [5.74, 6) is 0.146. The maximum absolute atomic E-state index is 12.4. The van der Waals surface area contributed by atoms with Crippen LogP contribution in [0.15, 0.2) is 0 Å². The van der Waals surface area contributed by atoms with E-state index in [0.29, 0.717) is 25.8 Å². The van der Waals surface area contributed by atoms with Gasteiger partial charge in [0, 0.05) is 19.5 Å². The highest BCUT2D eigenvalue weighted by molar-refractivity contribution is 5.88. The Bertz CT molecular complexity index is 445. The molecule has 0 aromatic rings. The molecule has 1 unspecified atom stereocenters. The highest BCUT2D eigenvalue weighted by atomic mass is 16.6. The number of rotatable bonds is 3. The molecule has 0 saturated carbocycles. The molecule has 1 heterocycles. The zero-order valence-electron chi connectivity index (χ0n) is 13.7. The molecule has 21 heavy (non-hydrogen) atoms. The van der Waals surface area contributed by atoms with Crippen LogP contribution >= 0.6 is 0 Å².